The van der Waals surface area contributed by atoms with Crippen molar-refractivity contribution in [2.45, 2.75) is 0 Å². The van der Waals surface area contributed by atoms with Crippen LogP contribution in [0.5, 0.6) is 0 Å². The fourth-order valence-electron chi connectivity index (χ4n) is 1.76. The molecule has 1 aromatic carbocycles. The molecule has 3 aromatic rings. The molecule has 2 N–H and O–H groups in total. The Morgan fingerprint density at radius 2 is 2.00 bits per heavy atom. The van der Waals surface area contributed by atoms with Gasteiger partial charge in [0.05, 0.1) is 5.69 Å². The number of hydrogen-bond donors (Lipinski definition) is 2. The summed E-state index contributed by atoms with van der Waals surface area (Å²) < 4.78 is 0.974. The van der Waals surface area contributed by atoms with Crippen molar-refractivity contribution in [1.82, 2.24) is 9.97 Å². The van der Waals surface area contributed by atoms with Gasteiger partial charge in [0, 0.05) is 27.8 Å². The van der Waals surface area contributed by atoms with Gasteiger partial charge in [0.15, 0.2) is 0 Å². The third-order valence-electron chi connectivity index (χ3n) is 2.58. The molecule has 0 bridgehead atoms. The quantitative estimate of drug-likeness (QED) is 0.746. The molecule has 0 aliphatic rings. The minimum atomic E-state index is 0.831. The van der Waals surface area contributed by atoms with Gasteiger partial charge in [-0.05, 0) is 34.1 Å². The monoisotopic (exact) mass is 287 g/mol. The molecule has 2 aromatic heterocycles. The Labute approximate surface area is 107 Å². The van der Waals surface area contributed by atoms with Crippen LogP contribution in [0.2, 0.25) is 0 Å². The van der Waals surface area contributed by atoms with Crippen LogP contribution in [0.3, 0.4) is 0 Å². The maximum atomic E-state index is 4.29. The highest BCUT2D eigenvalue weighted by Gasteiger charge is 2.03. The van der Waals surface area contributed by atoms with Crippen molar-refractivity contribution in [2.24, 2.45) is 0 Å². The number of nitrogens with zero attached hydrogens (tertiary/aromatic N) is 1. The van der Waals surface area contributed by atoms with Crippen LogP contribution in [0.25, 0.3) is 10.9 Å². The van der Waals surface area contributed by atoms with Crippen molar-refractivity contribution in [3.05, 3.63) is 53.3 Å². The van der Waals surface area contributed by atoms with E-state index >= 15 is 0 Å². The molecule has 0 radical (unpaired) electrons. The van der Waals surface area contributed by atoms with Crippen molar-refractivity contribution >= 4 is 38.3 Å². The number of aromatic amines is 1. The van der Waals surface area contributed by atoms with Gasteiger partial charge in [-0.15, -0.1) is 0 Å². The number of benzene rings is 1. The van der Waals surface area contributed by atoms with E-state index in [2.05, 4.69) is 43.3 Å². The Hall–Kier alpha value is -1.81. The van der Waals surface area contributed by atoms with E-state index in [1.807, 2.05) is 30.5 Å². The second-order valence-corrected chi connectivity index (χ2v) is 4.65. The number of rotatable bonds is 2. The largest absolute Gasteiger partial charge is 0.359 e. The first-order valence-electron chi connectivity index (χ1n) is 5.27. The molecule has 0 saturated heterocycles. The molecular formula is C13H10BrN3. The van der Waals surface area contributed by atoms with Gasteiger partial charge in [-0.25, -0.2) is 4.98 Å². The second-order valence-electron chi connectivity index (χ2n) is 3.73. The van der Waals surface area contributed by atoms with Crippen LogP contribution in [-0.4, -0.2) is 9.97 Å². The summed E-state index contributed by atoms with van der Waals surface area (Å²) in [5, 5.41) is 4.46. The second kappa shape index (κ2) is 4.22. The molecule has 0 amide bonds. The van der Waals surface area contributed by atoms with Gasteiger partial charge < -0.3 is 10.3 Å². The fourth-order valence-corrected chi connectivity index (χ4v) is 2.00. The number of anilines is 2. The summed E-state index contributed by atoms with van der Waals surface area (Å²) in [6, 6.07) is 12.1. The van der Waals surface area contributed by atoms with Crippen LogP contribution in [0, 0.1) is 0 Å². The summed E-state index contributed by atoms with van der Waals surface area (Å²) >= 11 is 3.37. The molecule has 2 heterocycles. The highest BCUT2D eigenvalue weighted by molar-refractivity contribution is 9.10. The summed E-state index contributed by atoms with van der Waals surface area (Å²) in [6.45, 7) is 0. The summed E-state index contributed by atoms with van der Waals surface area (Å²) in [5.74, 6) is 0.831. The van der Waals surface area contributed by atoms with Crippen molar-refractivity contribution in [3.63, 3.8) is 0 Å². The van der Waals surface area contributed by atoms with E-state index in [0.717, 1.165) is 26.9 Å². The van der Waals surface area contributed by atoms with Gasteiger partial charge in [0.1, 0.15) is 5.82 Å². The van der Waals surface area contributed by atoms with E-state index in [0.29, 0.717) is 0 Å². The number of aromatic nitrogens is 2. The maximum Gasteiger partial charge on any atom is 0.130 e. The lowest BCUT2D eigenvalue weighted by atomic mass is 10.2. The number of nitrogens with one attached hydrogen (secondary N) is 2. The molecule has 0 aliphatic carbocycles. The Bertz CT molecular complexity index is 643. The SMILES string of the molecule is Brc1ccc(Nc2c[nH]c3ccccc23)nc1. The predicted molar refractivity (Wildman–Crippen MR) is 73.5 cm³/mol. The lowest BCUT2D eigenvalue weighted by Crippen LogP contribution is -1.91. The van der Waals surface area contributed by atoms with Gasteiger partial charge in [0.25, 0.3) is 0 Å². The smallest absolute Gasteiger partial charge is 0.130 e. The van der Waals surface area contributed by atoms with Crippen LogP contribution in [-0.2, 0) is 0 Å². The molecule has 17 heavy (non-hydrogen) atoms. The van der Waals surface area contributed by atoms with E-state index in [9.17, 15) is 0 Å². The molecule has 84 valence electrons. The zero-order chi connectivity index (χ0) is 11.7. The minimum absolute atomic E-state index is 0.831. The van der Waals surface area contributed by atoms with Gasteiger partial charge in [-0.3, -0.25) is 0 Å². The topological polar surface area (TPSA) is 40.7 Å². The Kier molecular flexibility index (Phi) is 2.57. The molecule has 0 saturated carbocycles. The summed E-state index contributed by atoms with van der Waals surface area (Å²) in [7, 11) is 0. The lowest BCUT2D eigenvalue weighted by molar-refractivity contribution is 1.29. The van der Waals surface area contributed by atoms with E-state index in [-0.39, 0.29) is 0 Å². The number of pyridine rings is 1. The van der Waals surface area contributed by atoms with Crippen LogP contribution < -0.4 is 5.32 Å². The fraction of sp³-hybridized carbons (Fsp3) is 0. The molecule has 3 rings (SSSR count). The van der Waals surface area contributed by atoms with Crippen LogP contribution in [0.15, 0.2) is 53.3 Å². The minimum Gasteiger partial charge on any atom is -0.359 e. The van der Waals surface area contributed by atoms with Crippen molar-refractivity contribution < 1.29 is 0 Å². The van der Waals surface area contributed by atoms with Gasteiger partial charge in [-0.1, -0.05) is 18.2 Å². The predicted octanol–water partition coefficient (Wildman–Crippen LogP) is 4.07. The Morgan fingerprint density at radius 1 is 1.12 bits per heavy atom. The average molecular weight is 288 g/mol. The van der Waals surface area contributed by atoms with Crippen molar-refractivity contribution in [2.75, 3.05) is 5.32 Å². The van der Waals surface area contributed by atoms with Crippen LogP contribution in [0.1, 0.15) is 0 Å². The first-order chi connectivity index (χ1) is 8.33. The molecule has 3 nitrogen and oxygen atoms in total. The number of halogens is 1. The van der Waals surface area contributed by atoms with Gasteiger partial charge in [-0.2, -0.15) is 0 Å². The summed E-state index contributed by atoms with van der Waals surface area (Å²) in [4.78, 5) is 7.51. The summed E-state index contributed by atoms with van der Waals surface area (Å²) in [6.07, 6.45) is 3.73. The maximum absolute atomic E-state index is 4.29. The highest BCUT2D eigenvalue weighted by Crippen LogP contribution is 2.25. The first-order valence-corrected chi connectivity index (χ1v) is 6.07. The van der Waals surface area contributed by atoms with E-state index in [1.165, 1.54) is 0 Å². The number of para-hydroxylation sites is 1. The molecule has 0 unspecified atom stereocenters. The first kappa shape index (κ1) is 10.4. The number of fused-ring (bicyclic) bond motifs is 1. The molecule has 4 heteroatoms. The zero-order valence-electron chi connectivity index (χ0n) is 8.94. The Balaban J connectivity index is 1.97. The van der Waals surface area contributed by atoms with E-state index in [4.69, 9.17) is 0 Å². The standard InChI is InChI=1S/C13H10BrN3/c14-9-5-6-13(16-7-9)17-12-8-15-11-4-2-1-3-10(11)12/h1-8,15H,(H,16,17). The zero-order valence-corrected chi connectivity index (χ0v) is 10.5. The van der Waals surface area contributed by atoms with Crippen LogP contribution >= 0.6 is 15.9 Å². The third-order valence-corrected chi connectivity index (χ3v) is 3.05. The molecular weight excluding hydrogens is 278 g/mol. The third kappa shape index (κ3) is 2.03. The molecule has 0 spiro atoms. The molecule has 0 fully saturated rings. The summed E-state index contributed by atoms with van der Waals surface area (Å²) in [5.41, 5.74) is 2.16. The number of hydrogen-bond acceptors (Lipinski definition) is 2. The van der Waals surface area contributed by atoms with E-state index in [1.54, 1.807) is 6.20 Å². The lowest BCUT2D eigenvalue weighted by Gasteiger charge is -2.03. The van der Waals surface area contributed by atoms with Gasteiger partial charge >= 0.3 is 0 Å². The van der Waals surface area contributed by atoms with Crippen molar-refractivity contribution in [3.8, 4) is 0 Å². The van der Waals surface area contributed by atoms with E-state index < -0.39 is 0 Å². The average Bonchev–Trinajstić information content (AvgIpc) is 2.76. The molecule has 0 atom stereocenters. The molecule has 0 aliphatic heterocycles. The normalized spacial score (nSPS) is 10.6. The highest BCUT2D eigenvalue weighted by atomic mass is 79.9. The van der Waals surface area contributed by atoms with Gasteiger partial charge in [0.2, 0.25) is 0 Å². The van der Waals surface area contributed by atoms with Crippen LogP contribution in [0.4, 0.5) is 11.5 Å². The van der Waals surface area contributed by atoms with Crippen molar-refractivity contribution in [1.29, 1.82) is 0 Å². The Morgan fingerprint density at radius 3 is 2.82 bits per heavy atom. The number of H-pyrrole nitrogens is 1.